The minimum Gasteiger partial charge on any atom is -0.302 e. The van der Waals surface area contributed by atoms with Crippen LogP contribution in [0.2, 0.25) is 0 Å². The van der Waals surface area contributed by atoms with Gasteiger partial charge in [-0.3, -0.25) is 4.40 Å². The van der Waals surface area contributed by atoms with Crippen LogP contribution in [0.4, 0.5) is 0 Å². The van der Waals surface area contributed by atoms with Gasteiger partial charge in [0, 0.05) is 29.7 Å². The maximum absolute atomic E-state index is 4.62. The molecule has 6 heteroatoms. The van der Waals surface area contributed by atoms with Crippen LogP contribution in [0, 0.1) is 5.92 Å². The van der Waals surface area contributed by atoms with E-state index in [0.29, 0.717) is 11.8 Å². The van der Waals surface area contributed by atoms with Crippen molar-refractivity contribution in [1.82, 2.24) is 24.9 Å². The minimum atomic E-state index is 0.164. The number of hydrogen-bond acceptors (Lipinski definition) is 5. The first-order valence-corrected chi connectivity index (χ1v) is 9.51. The molecule has 0 bridgehead atoms. The minimum absolute atomic E-state index is 0.164. The van der Waals surface area contributed by atoms with E-state index >= 15 is 0 Å². The third-order valence-electron chi connectivity index (χ3n) is 4.81. The number of thiazole rings is 1. The summed E-state index contributed by atoms with van der Waals surface area (Å²) in [4.78, 5) is 5.92. The predicted octanol–water partition coefficient (Wildman–Crippen LogP) is 3.94. The van der Waals surface area contributed by atoms with Crippen LogP contribution < -0.4 is 5.32 Å². The van der Waals surface area contributed by atoms with Crippen LogP contribution in [0.3, 0.4) is 0 Å². The van der Waals surface area contributed by atoms with Crippen molar-refractivity contribution in [2.24, 2.45) is 5.92 Å². The Balaban J connectivity index is 1.50. The molecular weight excluding hydrogens is 318 g/mol. The molecule has 5 nitrogen and oxygen atoms in total. The first-order chi connectivity index (χ1) is 11.7. The maximum Gasteiger partial charge on any atom is 0.160 e. The number of fused-ring (bicyclic) bond motifs is 1. The lowest BCUT2D eigenvalue weighted by Gasteiger charge is -2.22. The number of pyridine rings is 1. The van der Waals surface area contributed by atoms with Crippen LogP contribution in [0.5, 0.6) is 0 Å². The molecule has 126 valence electrons. The van der Waals surface area contributed by atoms with Crippen LogP contribution in [0.15, 0.2) is 30.6 Å². The SMILES string of the molecule is CC(C)C(NCc1cnc(C2CCC2)s1)c1nnc2ccccn12. The van der Waals surface area contributed by atoms with E-state index in [-0.39, 0.29) is 6.04 Å². The molecule has 24 heavy (non-hydrogen) atoms. The molecule has 0 amide bonds. The number of hydrogen-bond donors (Lipinski definition) is 1. The fourth-order valence-corrected chi connectivity index (χ4v) is 4.19. The Morgan fingerprint density at radius 1 is 1.29 bits per heavy atom. The lowest BCUT2D eigenvalue weighted by Crippen LogP contribution is -2.27. The molecule has 1 N–H and O–H groups in total. The van der Waals surface area contributed by atoms with Gasteiger partial charge in [-0.15, -0.1) is 21.5 Å². The molecule has 3 aromatic rings. The zero-order valence-corrected chi connectivity index (χ0v) is 15.0. The summed E-state index contributed by atoms with van der Waals surface area (Å²) in [6, 6.07) is 6.16. The van der Waals surface area contributed by atoms with Gasteiger partial charge in [-0.1, -0.05) is 26.3 Å². The number of rotatable bonds is 6. The maximum atomic E-state index is 4.62. The molecule has 1 aliphatic carbocycles. The molecule has 1 fully saturated rings. The summed E-state index contributed by atoms with van der Waals surface area (Å²) in [5, 5.41) is 13.7. The second kappa shape index (κ2) is 6.61. The molecule has 1 aliphatic rings. The van der Waals surface area contributed by atoms with Gasteiger partial charge in [-0.05, 0) is 30.9 Å². The number of aromatic nitrogens is 4. The second-order valence-corrected chi connectivity index (χ2v) is 8.03. The molecule has 0 aromatic carbocycles. The van der Waals surface area contributed by atoms with Crippen molar-refractivity contribution in [3.8, 4) is 0 Å². The van der Waals surface area contributed by atoms with Crippen LogP contribution in [0.1, 0.15) is 60.8 Å². The average molecular weight is 341 g/mol. The van der Waals surface area contributed by atoms with E-state index in [1.165, 1.54) is 29.1 Å². The highest BCUT2D eigenvalue weighted by molar-refractivity contribution is 7.11. The molecule has 1 saturated carbocycles. The van der Waals surface area contributed by atoms with Crippen molar-refractivity contribution < 1.29 is 0 Å². The lowest BCUT2D eigenvalue weighted by molar-refractivity contribution is 0.391. The van der Waals surface area contributed by atoms with Gasteiger partial charge in [-0.25, -0.2) is 4.98 Å². The van der Waals surface area contributed by atoms with Gasteiger partial charge >= 0.3 is 0 Å². The van der Waals surface area contributed by atoms with E-state index in [2.05, 4.69) is 38.7 Å². The standard InChI is InChI=1S/C18H23N5S/c1-12(2)16(17-22-21-15-8-3-4-9-23(15)17)19-10-14-11-20-18(24-14)13-6-5-7-13/h3-4,8-9,11-13,16,19H,5-7,10H2,1-2H3. The van der Waals surface area contributed by atoms with Crippen molar-refractivity contribution in [1.29, 1.82) is 0 Å². The smallest absolute Gasteiger partial charge is 0.160 e. The Hall–Kier alpha value is -1.79. The quantitative estimate of drug-likeness (QED) is 0.738. The van der Waals surface area contributed by atoms with Gasteiger partial charge in [-0.2, -0.15) is 0 Å². The highest BCUT2D eigenvalue weighted by atomic mass is 32.1. The summed E-state index contributed by atoms with van der Waals surface area (Å²) >= 11 is 1.85. The molecule has 4 rings (SSSR count). The van der Waals surface area contributed by atoms with Gasteiger partial charge in [0.05, 0.1) is 11.0 Å². The van der Waals surface area contributed by atoms with Crippen LogP contribution in [-0.4, -0.2) is 19.6 Å². The predicted molar refractivity (Wildman–Crippen MR) is 96.1 cm³/mol. The molecule has 0 radical (unpaired) electrons. The van der Waals surface area contributed by atoms with E-state index in [4.69, 9.17) is 0 Å². The first-order valence-electron chi connectivity index (χ1n) is 8.70. The zero-order valence-electron chi connectivity index (χ0n) is 14.1. The summed E-state index contributed by atoms with van der Waals surface area (Å²) in [5.41, 5.74) is 0.894. The van der Waals surface area contributed by atoms with E-state index in [1.54, 1.807) is 0 Å². The largest absolute Gasteiger partial charge is 0.302 e. The Bertz CT molecular complexity index is 818. The van der Waals surface area contributed by atoms with E-state index in [9.17, 15) is 0 Å². The third-order valence-corrected chi connectivity index (χ3v) is 5.97. The molecule has 0 spiro atoms. The van der Waals surface area contributed by atoms with Crippen molar-refractivity contribution in [3.05, 3.63) is 46.3 Å². The average Bonchev–Trinajstić information content (AvgIpc) is 3.13. The summed E-state index contributed by atoms with van der Waals surface area (Å²) in [7, 11) is 0. The van der Waals surface area contributed by atoms with Crippen LogP contribution in [0.25, 0.3) is 5.65 Å². The monoisotopic (exact) mass is 341 g/mol. The fraction of sp³-hybridized carbons (Fsp3) is 0.500. The Kier molecular flexibility index (Phi) is 4.33. The van der Waals surface area contributed by atoms with Crippen molar-refractivity contribution in [3.63, 3.8) is 0 Å². The molecule has 1 atom stereocenters. The second-order valence-electron chi connectivity index (χ2n) is 6.88. The summed E-state index contributed by atoms with van der Waals surface area (Å²) < 4.78 is 2.07. The molecule has 3 aromatic heterocycles. The molecule has 0 saturated heterocycles. The Morgan fingerprint density at radius 2 is 2.17 bits per heavy atom. The fourth-order valence-electron chi connectivity index (χ4n) is 3.16. The normalized spacial score (nSPS) is 16.6. The Labute approximate surface area is 146 Å². The van der Waals surface area contributed by atoms with Crippen molar-refractivity contribution in [2.45, 2.75) is 51.6 Å². The van der Waals surface area contributed by atoms with Crippen molar-refractivity contribution in [2.75, 3.05) is 0 Å². The van der Waals surface area contributed by atoms with Gasteiger partial charge in [0.2, 0.25) is 0 Å². The Morgan fingerprint density at radius 3 is 2.92 bits per heavy atom. The summed E-state index contributed by atoms with van der Waals surface area (Å²) in [6.07, 6.45) is 8.03. The van der Waals surface area contributed by atoms with Crippen LogP contribution >= 0.6 is 11.3 Å². The summed E-state index contributed by atoms with van der Waals surface area (Å²) in [5.74, 6) is 2.12. The van der Waals surface area contributed by atoms with E-state index in [0.717, 1.165) is 18.0 Å². The van der Waals surface area contributed by atoms with Crippen molar-refractivity contribution >= 4 is 17.0 Å². The highest BCUT2D eigenvalue weighted by Gasteiger charge is 2.24. The molecule has 1 unspecified atom stereocenters. The lowest BCUT2D eigenvalue weighted by atomic mass is 9.86. The highest BCUT2D eigenvalue weighted by Crippen LogP contribution is 2.38. The third kappa shape index (κ3) is 2.96. The first kappa shape index (κ1) is 15.7. The zero-order chi connectivity index (χ0) is 16.5. The molecule has 3 heterocycles. The number of nitrogens with one attached hydrogen (secondary N) is 1. The van der Waals surface area contributed by atoms with E-state index < -0.39 is 0 Å². The van der Waals surface area contributed by atoms with Gasteiger partial charge in [0.15, 0.2) is 11.5 Å². The van der Waals surface area contributed by atoms with E-state index in [1.807, 2.05) is 41.9 Å². The van der Waals surface area contributed by atoms with Crippen LogP contribution in [-0.2, 0) is 6.54 Å². The number of nitrogens with zero attached hydrogens (tertiary/aromatic N) is 4. The molecule has 0 aliphatic heterocycles. The summed E-state index contributed by atoms with van der Waals surface area (Å²) in [6.45, 7) is 5.26. The van der Waals surface area contributed by atoms with Gasteiger partial charge in [0.1, 0.15) is 0 Å². The van der Waals surface area contributed by atoms with Gasteiger partial charge in [0.25, 0.3) is 0 Å². The topological polar surface area (TPSA) is 55.1 Å². The van der Waals surface area contributed by atoms with Gasteiger partial charge < -0.3 is 5.32 Å². The molecular formula is C18H23N5S.